The Morgan fingerprint density at radius 3 is 2.77 bits per heavy atom. The molecule has 3 rings (SSSR count). The Kier molecular flexibility index (Phi) is 4.84. The molecular weight excluding hydrogens is 340 g/mol. The second kappa shape index (κ2) is 7.02. The Bertz CT molecular complexity index is 771. The molecular formula is C15H11ClN2O2S2. The standard InChI is InChI=1S/C15H11ClN2O2S2/c16-13-7-6-12(22-13)15-17-11(9-21-15)14(19)18-20-8-10-4-2-1-3-5-10/h1-7,9H,8H2,(H,18,19). The van der Waals surface area contributed by atoms with Crippen LogP contribution in [-0.2, 0) is 11.4 Å². The van der Waals surface area contributed by atoms with Crippen molar-refractivity contribution in [3.05, 3.63) is 63.4 Å². The van der Waals surface area contributed by atoms with Gasteiger partial charge in [-0.05, 0) is 17.7 Å². The number of rotatable bonds is 5. The van der Waals surface area contributed by atoms with Crippen LogP contribution in [-0.4, -0.2) is 10.9 Å². The fraction of sp³-hybridized carbons (Fsp3) is 0.0667. The van der Waals surface area contributed by atoms with E-state index in [2.05, 4.69) is 10.5 Å². The van der Waals surface area contributed by atoms with Crippen molar-refractivity contribution in [3.63, 3.8) is 0 Å². The van der Waals surface area contributed by atoms with Crippen LogP contribution in [0.15, 0.2) is 47.8 Å². The number of thiophene rings is 1. The molecule has 1 N–H and O–H groups in total. The summed E-state index contributed by atoms with van der Waals surface area (Å²) < 4.78 is 0.697. The lowest BCUT2D eigenvalue weighted by atomic mass is 10.2. The van der Waals surface area contributed by atoms with Crippen LogP contribution in [0.2, 0.25) is 4.34 Å². The van der Waals surface area contributed by atoms with Crippen molar-refractivity contribution in [2.45, 2.75) is 6.61 Å². The number of hydrogen-bond donors (Lipinski definition) is 1. The summed E-state index contributed by atoms with van der Waals surface area (Å²) in [5.74, 6) is -0.360. The van der Waals surface area contributed by atoms with E-state index in [-0.39, 0.29) is 5.91 Å². The number of benzene rings is 1. The lowest BCUT2D eigenvalue weighted by molar-refractivity contribution is 0.0230. The number of carbonyl (C=O) groups excluding carboxylic acids is 1. The molecule has 0 aliphatic heterocycles. The average Bonchev–Trinajstić information content (AvgIpc) is 3.17. The maximum Gasteiger partial charge on any atom is 0.294 e. The molecule has 0 spiro atoms. The quantitative estimate of drug-likeness (QED) is 0.694. The highest BCUT2D eigenvalue weighted by Gasteiger charge is 2.13. The van der Waals surface area contributed by atoms with Crippen molar-refractivity contribution in [1.29, 1.82) is 0 Å². The van der Waals surface area contributed by atoms with E-state index in [1.54, 1.807) is 5.38 Å². The summed E-state index contributed by atoms with van der Waals surface area (Å²) in [6.07, 6.45) is 0. The molecule has 2 aromatic heterocycles. The topological polar surface area (TPSA) is 51.2 Å². The van der Waals surface area contributed by atoms with Crippen LogP contribution in [0.5, 0.6) is 0 Å². The van der Waals surface area contributed by atoms with Gasteiger partial charge in [-0.25, -0.2) is 10.5 Å². The zero-order valence-corrected chi connectivity index (χ0v) is 13.7. The molecule has 0 unspecified atom stereocenters. The van der Waals surface area contributed by atoms with Gasteiger partial charge >= 0.3 is 0 Å². The van der Waals surface area contributed by atoms with Gasteiger partial charge in [0, 0.05) is 5.38 Å². The van der Waals surface area contributed by atoms with Crippen molar-refractivity contribution in [2.75, 3.05) is 0 Å². The van der Waals surface area contributed by atoms with E-state index in [1.165, 1.54) is 22.7 Å². The number of hydroxylamine groups is 1. The van der Waals surface area contributed by atoms with Gasteiger partial charge in [0.1, 0.15) is 10.7 Å². The highest BCUT2D eigenvalue weighted by Crippen LogP contribution is 2.32. The van der Waals surface area contributed by atoms with Crippen molar-refractivity contribution >= 4 is 40.2 Å². The molecule has 2 heterocycles. The number of halogens is 1. The number of amides is 1. The van der Waals surface area contributed by atoms with Crippen LogP contribution in [0.3, 0.4) is 0 Å². The second-order valence-corrected chi connectivity index (χ2v) is 6.92. The van der Waals surface area contributed by atoms with Gasteiger partial charge in [-0.15, -0.1) is 22.7 Å². The smallest absolute Gasteiger partial charge is 0.269 e. The summed E-state index contributed by atoms with van der Waals surface area (Å²) in [6.45, 7) is 0.310. The van der Waals surface area contributed by atoms with Crippen LogP contribution in [0, 0.1) is 0 Å². The normalized spacial score (nSPS) is 10.6. The van der Waals surface area contributed by atoms with Crippen molar-refractivity contribution in [2.24, 2.45) is 0 Å². The predicted octanol–water partition coefficient (Wildman–Crippen LogP) is 4.39. The Morgan fingerprint density at radius 2 is 2.05 bits per heavy atom. The number of carbonyl (C=O) groups is 1. The Hall–Kier alpha value is -1.73. The lowest BCUT2D eigenvalue weighted by Crippen LogP contribution is -2.23. The van der Waals surface area contributed by atoms with Gasteiger partial charge in [0.05, 0.1) is 15.8 Å². The van der Waals surface area contributed by atoms with E-state index in [9.17, 15) is 4.79 Å². The summed E-state index contributed by atoms with van der Waals surface area (Å²) in [6, 6.07) is 13.3. The molecule has 1 aromatic carbocycles. The van der Waals surface area contributed by atoms with E-state index < -0.39 is 0 Å². The highest BCUT2D eigenvalue weighted by atomic mass is 35.5. The Balaban J connectivity index is 1.58. The van der Waals surface area contributed by atoms with Crippen LogP contribution >= 0.6 is 34.3 Å². The zero-order valence-electron chi connectivity index (χ0n) is 11.3. The minimum atomic E-state index is -0.360. The Labute approximate surface area is 140 Å². The minimum absolute atomic E-state index is 0.310. The first-order valence-corrected chi connectivity index (χ1v) is 8.47. The van der Waals surface area contributed by atoms with Gasteiger partial charge in [-0.2, -0.15) is 0 Å². The number of hydrogen-bond acceptors (Lipinski definition) is 5. The third kappa shape index (κ3) is 3.72. The summed E-state index contributed by atoms with van der Waals surface area (Å²) in [5.41, 5.74) is 3.71. The van der Waals surface area contributed by atoms with Crippen molar-refractivity contribution in [1.82, 2.24) is 10.5 Å². The zero-order chi connectivity index (χ0) is 15.4. The fourth-order valence-electron chi connectivity index (χ4n) is 1.73. The molecule has 1 amide bonds. The summed E-state index contributed by atoms with van der Waals surface area (Å²) in [5, 5.41) is 2.47. The number of nitrogens with one attached hydrogen (secondary N) is 1. The molecule has 0 saturated heterocycles. The number of aromatic nitrogens is 1. The molecule has 22 heavy (non-hydrogen) atoms. The van der Waals surface area contributed by atoms with Gasteiger partial charge in [-0.3, -0.25) is 9.63 Å². The molecule has 0 aliphatic carbocycles. The van der Waals surface area contributed by atoms with E-state index in [0.29, 0.717) is 16.6 Å². The molecule has 3 aromatic rings. The van der Waals surface area contributed by atoms with E-state index in [1.807, 2.05) is 42.5 Å². The molecule has 0 bridgehead atoms. The lowest BCUT2D eigenvalue weighted by Gasteiger charge is -2.04. The molecule has 4 nitrogen and oxygen atoms in total. The SMILES string of the molecule is O=C(NOCc1ccccc1)c1csc(-c2ccc(Cl)s2)n1. The molecule has 0 atom stereocenters. The van der Waals surface area contributed by atoms with Gasteiger partial charge in [0.25, 0.3) is 5.91 Å². The summed E-state index contributed by atoms with van der Waals surface area (Å²) in [7, 11) is 0. The maximum atomic E-state index is 12.0. The molecule has 7 heteroatoms. The Morgan fingerprint density at radius 1 is 1.23 bits per heavy atom. The molecule has 112 valence electrons. The largest absolute Gasteiger partial charge is 0.294 e. The monoisotopic (exact) mass is 350 g/mol. The molecule has 0 saturated carbocycles. The van der Waals surface area contributed by atoms with Gasteiger partial charge in [-0.1, -0.05) is 41.9 Å². The molecule has 0 radical (unpaired) electrons. The average molecular weight is 351 g/mol. The van der Waals surface area contributed by atoms with E-state index >= 15 is 0 Å². The molecule has 0 fully saturated rings. The maximum absolute atomic E-state index is 12.0. The van der Waals surface area contributed by atoms with E-state index in [0.717, 1.165) is 15.4 Å². The van der Waals surface area contributed by atoms with Gasteiger partial charge < -0.3 is 0 Å². The van der Waals surface area contributed by atoms with Crippen LogP contribution in [0.25, 0.3) is 9.88 Å². The highest BCUT2D eigenvalue weighted by molar-refractivity contribution is 7.23. The van der Waals surface area contributed by atoms with Crippen molar-refractivity contribution in [3.8, 4) is 9.88 Å². The first-order chi connectivity index (χ1) is 10.7. The van der Waals surface area contributed by atoms with E-state index in [4.69, 9.17) is 16.4 Å². The molecule has 0 aliphatic rings. The van der Waals surface area contributed by atoms with Crippen molar-refractivity contribution < 1.29 is 9.63 Å². The third-order valence-corrected chi connectivity index (χ3v) is 5.01. The first-order valence-electron chi connectivity index (χ1n) is 6.39. The first kappa shape index (κ1) is 15.2. The number of nitrogens with zero attached hydrogens (tertiary/aromatic N) is 1. The van der Waals surface area contributed by atoms with Crippen LogP contribution in [0.1, 0.15) is 16.1 Å². The fourth-order valence-corrected chi connectivity index (χ4v) is 3.65. The van der Waals surface area contributed by atoms with Crippen LogP contribution in [0.4, 0.5) is 0 Å². The third-order valence-electron chi connectivity index (χ3n) is 2.77. The van der Waals surface area contributed by atoms with Crippen LogP contribution < -0.4 is 5.48 Å². The number of thiazole rings is 1. The van der Waals surface area contributed by atoms with Gasteiger partial charge in [0.2, 0.25) is 0 Å². The van der Waals surface area contributed by atoms with Gasteiger partial charge in [0.15, 0.2) is 0 Å². The predicted molar refractivity (Wildman–Crippen MR) is 89.1 cm³/mol. The second-order valence-electron chi connectivity index (χ2n) is 4.35. The minimum Gasteiger partial charge on any atom is -0.269 e. The summed E-state index contributed by atoms with van der Waals surface area (Å²) >= 11 is 8.73. The summed E-state index contributed by atoms with van der Waals surface area (Å²) in [4.78, 5) is 22.4.